The number of nitro groups is 1. The number of carbonyl (C=O) groups is 1. The first-order valence-corrected chi connectivity index (χ1v) is 7.97. The molecule has 3 heterocycles. The third kappa shape index (κ3) is 2.89. The van der Waals surface area contributed by atoms with Crippen molar-refractivity contribution < 1.29 is 19.2 Å². The molecule has 130 valence electrons. The number of benzene rings is 1. The molecule has 3 aliphatic heterocycles. The monoisotopic (exact) mass is 335 g/mol. The van der Waals surface area contributed by atoms with Gasteiger partial charge in [0, 0.05) is 12.6 Å². The molecule has 0 saturated carbocycles. The molecule has 2 bridgehead atoms. The Kier molecular flexibility index (Phi) is 4.57. The van der Waals surface area contributed by atoms with Crippen molar-refractivity contribution in [1.82, 2.24) is 10.2 Å². The minimum absolute atomic E-state index is 0.00973. The van der Waals surface area contributed by atoms with Gasteiger partial charge in [0.25, 0.3) is 5.91 Å². The minimum atomic E-state index is -0.604. The summed E-state index contributed by atoms with van der Waals surface area (Å²) >= 11 is 0. The maximum Gasteiger partial charge on any atom is 0.327 e. The quantitative estimate of drug-likeness (QED) is 0.646. The third-order valence-corrected chi connectivity index (χ3v) is 4.92. The molecule has 0 aliphatic carbocycles. The lowest BCUT2D eigenvalue weighted by Crippen LogP contribution is -2.57. The van der Waals surface area contributed by atoms with Crippen molar-refractivity contribution in [1.29, 1.82) is 0 Å². The topological polar surface area (TPSA) is 93.9 Å². The predicted octanol–water partition coefficient (Wildman–Crippen LogP) is 1.44. The number of nitrogens with one attached hydrogen (secondary N) is 1. The molecule has 3 aliphatic rings. The van der Waals surface area contributed by atoms with E-state index in [9.17, 15) is 14.9 Å². The summed E-state index contributed by atoms with van der Waals surface area (Å²) in [7, 11) is 2.72. The highest BCUT2D eigenvalue weighted by Gasteiger charge is 2.37. The van der Waals surface area contributed by atoms with Crippen LogP contribution < -0.4 is 14.8 Å². The zero-order valence-electron chi connectivity index (χ0n) is 13.8. The second kappa shape index (κ2) is 6.64. The molecule has 24 heavy (non-hydrogen) atoms. The van der Waals surface area contributed by atoms with E-state index in [0.717, 1.165) is 32.5 Å². The van der Waals surface area contributed by atoms with Gasteiger partial charge in [0.2, 0.25) is 0 Å². The maximum atomic E-state index is 12.8. The molecule has 0 radical (unpaired) electrons. The summed E-state index contributed by atoms with van der Waals surface area (Å²) in [6.45, 7) is 2.90. The second-order valence-electron chi connectivity index (χ2n) is 6.17. The molecule has 8 nitrogen and oxygen atoms in total. The number of hydrogen-bond acceptors (Lipinski definition) is 6. The summed E-state index contributed by atoms with van der Waals surface area (Å²) in [4.78, 5) is 26.0. The second-order valence-corrected chi connectivity index (χ2v) is 6.17. The number of methoxy groups -OCH3 is 2. The summed E-state index contributed by atoms with van der Waals surface area (Å²) in [5.74, 6) is 0.145. The average molecular weight is 335 g/mol. The van der Waals surface area contributed by atoms with Gasteiger partial charge in [-0.05, 0) is 44.0 Å². The van der Waals surface area contributed by atoms with Crippen molar-refractivity contribution in [3.8, 4) is 11.5 Å². The molecular weight excluding hydrogens is 314 g/mol. The van der Waals surface area contributed by atoms with E-state index in [-0.39, 0.29) is 28.8 Å². The van der Waals surface area contributed by atoms with Gasteiger partial charge in [-0.2, -0.15) is 0 Å². The molecular formula is C16H21N3O5. The lowest BCUT2D eigenvalue weighted by Gasteiger charge is -2.44. The molecule has 0 spiro atoms. The number of hydrogen-bond donors (Lipinski definition) is 1. The first-order chi connectivity index (χ1) is 11.5. The van der Waals surface area contributed by atoms with Gasteiger partial charge in [0.15, 0.2) is 11.3 Å². The number of nitro benzene ring substituents is 1. The van der Waals surface area contributed by atoms with Gasteiger partial charge in [-0.3, -0.25) is 14.9 Å². The molecule has 1 amide bonds. The van der Waals surface area contributed by atoms with E-state index < -0.39 is 10.8 Å². The van der Waals surface area contributed by atoms with Crippen LogP contribution in [0.1, 0.15) is 23.2 Å². The number of amides is 1. The van der Waals surface area contributed by atoms with Crippen molar-refractivity contribution in [2.45, 2.75) is 18.9 Å². The Labute approximate surface area is 139 Å². The standard InChI is InChI=1S/C16H21N3O5/c1-23-12-3-4-13(24-2)15(19(21)22)14(12)16(20)17-11-9-18-7-5-10(11)6-8-18/h3-4,10-11H,5-9H2,1-2H3,(H,17,20). The Bertz CT molecular complexity index is 655. The van der Waals surface area contributed by atoms with Crippen LogP contribution in [0, 0.1) is 16.0 Å². The molecule has 3 fully saturated rings. The van der Waals surface area contributed by atoms with Crippen molar-refractivity contribution in [3.05, 3.63) is 27.8 Å². The van der Waals surface area contributed by atoms with Crippen LogP contribution in [-0.2, 0) is 0 Å². The number of nitrogens with zero attached hydrogens (tertiary/aromatic N) is 2. The fourth-order valence-electron chi connectivity index (χ4n) is 3.66. The van der Waals surface area contributed by atoms with Crippen LogP contribution in [-0.4, -0.2) is 55.6 Å². The van der Waals surface area contributed by atoms with Crippen molar-refractivity contribution in [2.75, 3.05) is 33.9 Å². The van der Waals surface area contributed by atoms with Crippen molar-refractivity contribution >= 4 is 11.6 Å². The largest absolute Gasteiger partial charge is 0.496 e. The van der Waals surface area contributed by atoms with Gasteiger partial charge in [0.1, 0.15) is 5.75 Å². The van der Waals surface area contributed by atoms with Gasteiger partial charge in [-0.15, -0.1) is 0 Å². The average Bonchev–Trinajstić information content (AvgIpc) is 2.61. The molecule has 1 N–H and O–H groups in total. The summed E-state index contributed by atoms with van der Waals surface area (Å²) in [6.07, 6.45) is 2.09. The normalized spacial score (nSPS) is 25.2. The summed E-state index contributed by atoms with van der Waals surface area (Å²) in [5.41, 5.74) is -0.450. The zero-order valence-corrected chi connectivity index (χ0v) is 13.8. The van der Waals surface area contributed by atoms with E-state index >= 15 is 0 Å². The van der Waals surface area contributed by atoms with Gasteiger partial charge in [0.05, 0.1) is 19.1 Å². The zero-order chi connectivity index (χ0) is 17.3. The molecule has 1 aromatic carbocycles. The van der Waals surface area contributed by atoms with E-state index in [2.05, 4.69) is 10.2 Å². The van der Waals surface area contributed by atoms with Crippen LogP contribution in [0.3, 0.4) is 0 Å². The highest BCUT2D eigenvalue weighted by molar-refractivity contribution is 6.02. The van der Waals surface area contributed by atoms with E-state index in [1.165, 1.54) is 26.4 Å². The van der Waals surface area contributed by atoms with Crippen LogP contribution in [0.4, 0.5) is 5.69 Å². The van der Waals surface area contributed by atoms with Gasteiger partial charge in [-0.25, -0.2) is 0 Å². The molecule has 1 atom stereocenters. The number of ether oxygens (including phenoxy) is 2. The third-order valence-electron chi connectivity index (χ3n) is 4.92. The van der Waals surface area contributed by atoms with Crippen molar-refractivity contribution in [2.24, 2.45) is 5.92 Å². The Morgan fingerprint density at radius 2 is 1.88 bits per heavy atom. The molecule has 1 aromatic rings. The highest BCUT2D eigenvalue weighted by atomic mass is 16.6. The maximum absolute atomic E-state index is 12.8. The Hall–Kier alpha value is -2.35. The van der Waals surface area contributed by atoms with Gasteiger partial charge in [-0.1, -0.05) is 0 Å². The molecule has 1 unspecified atom stereocenters. The number of piperidine rings is 3. The number of fused-ring (bicyclic) bond motifs is 3. The Morgan fingerprint density at radius 1 is 1.25 bits per heavy atom. The SMILES string of the molecule is COc1ccc(OC)c([N+](=O)[O-])c1C(=O)NC1CN2CCC1CC2. The molecule has 4 rings (SSSR count). The summed E-state index contributed by atoms with van der Waals surface area (Å²) in [5, 5.41) is 14.4. The van der Waals surface area contributed by atoms with E-state index in [4.69, 9.17) is 9.47 Å². The van der Waals surface area contributed by atoms with Crippen LogP contribution >= 0.6 is 0 Å². The lowest BCUT2D eigenvalue weighted by atomic mass is 9.84. The predicted molar refractivity (Wildman–Crippen MR) is 86.6 cm³/mol. The lowest BCUT2D eigenvalue weighted by molar-refractivity contribution is -0.386. The van der Waals surface area contributed by atoms with Crippen LogP contribution in [0.25, 0.3) is 0 Å². The Balaban J connectivity index is 1.92. The van der Waals surface area contributed by atoms with Crippen LogP contribution in [0.2, 0.25) is 0 Å². The first kappa shape index (κ1) is 16.5. The van der Waals surface area contributed by atoms with Crippen LogP contribution in [0.5, 0.6) is 11.5 Å². The van der Waals surface area contributed by atoms with E-state index in [0.29, 0.717) is 5.92 Å². The smallest absolute Gasteiger partial charge is 0.327 e. The van der Waals surface area contributed by atoms with Crippen molar-refractivity contribution in [3.63, 3.8) is 0 Å². The minimum Gasteiger partial charge on any atom is -0.496 e. The first-order valence-electron chi connectivity index (χ1n) is 7.97. The van der Waals surface area contributed by atoms with E-state index in [1.807, 2.05) is 0 Å². The number of rotatable bonds is 5. The fourth-order valence-corrected chi connectivity index (χ4v) is 3.66. The van der Waals surface area contributed by atoms with Crippen LogP contribution in [0.15, 0.2) is 12.1 Å². The summed E-state index contributed by atoms with van der Waals surface area (Å²) in [6, 6.07) is 2.95. The Morgan fingerprint density at radius 3 is 2.38 bits per heavy atom. The molecule has 3 saturated heterocycles. The molecule has 0 aromatic heterocycles. The molecule has 8 heteroatoms. The number of carbonyl (C=O) groups excluding carboxylic acids is 1. The summed E-state index contributed by atoms with van der Waals surface area (Å²) < 4.78 is 10.2. The van der Waals surface area contributed by atoms with E-state index in [1.54, 1.807) is 0 Å². The fraction of sp³-hybridized carbons (Fsp3) is 0.562. The van der Waals surface area contributed by atoms with Gasteiger partial charge < -0.3 is 19.7 Å². The highest BCUT2D eigenvalue weighted by Crippen LogP contribution is 2.37. The van der Waals surface area contributed by atoms with Gasteiger partial charge >= 0.3 is 5.69 Å².